The van der Waals surface area contributed by atoms with Crippen molar-refractivity contribution in [2.75, 3.05) is 6.54 Å². The number of nitrogens with one attached hydrogen (secondary N) is 2. The van der Waals surface area contributed by atoms with E-state index in [4.69, 9.17) is 5.11 Å². The van der Waals surface area contributed by atoms with Gasteiger partial charge in [0, 0.05) is 25.4 Å². The normalized spacial score (nSPS) is 13.3. The van der Waals surface area contributed by atoms with E-state index in [0.29, 0.717) is 13.0 Å². The van der Waals surface area contributed by atoms with E-state index in [1.807, 2.05) is 26.0 Å². The van der Waals surface area contributed by atoms with E-state index in [1.165, 1.54) is 0 Å². The van der Waals surface area contributed by atoms with E-state index < -0.39 is 5.97 Å². The average molecular weight is 279 g/mol. The second-order valence-corrected chi connectivity index (χ2v) is 4.89. The average Bonchev–Trinajstić information content (AvgIpc) is 2.43. The summed E-state index contributed by atoms with van der Waals surface area (Å²) in [4.78, 5) is 26.1. The molecule has 1 rings (SSSR count). The van der Waals surface area contributed by atoms with Crippen LogP contribution in [0.5, 0.6) is 0 Å². The van der Waals surface area contributed by atoms with Gasteiger partial charge in [0.25, 0.3) is 0 Å². The van der Waals surface area contributed by atoms with E-state index in [-0.39, 0.29) is 24.4 Å². The van der Waals surface area contributed by atoms with Crippen LogP contribution in [0.3, 0.4) is 0 Å². The van der Waals surface area contributed by atoms with E-state index >= 15 is 0 Å². The Kier molecular flexibility index (Phi) is 6.49. The van der Waals surface area contributed by atoms with E-state index in [2.05, 4.69) is 15.6 Å². The van der Waals surface area contributed by atoms with Crippen LogP contribution in [0.25, 0.3) is 0 Å². The summed E-state index contributed by atoms with van der Waals surface area (Å²) in [5.74, 6) is -0.680. The highest BCUT2D eigenvalue weighted by Crippen LogP contribution is 2.09. The van der Waals surface area contributed by atoms with Crippen LogP contribution in [0.15, 0.2) is 24.5 Å². The van der Waals surface area contributed by atoms with Gasteiger partial charge in [-0.1, -0.05) is 6.92 Å². The van der Waals surface area contributed by atoms with Crippen LogP contribution in [0, 0.1) is 5.92 Å². The van der Waals surface area contributed by atoms with Crippen LogP contribution in [0.1, 0.15) is 38.3 Å². The molecule has 3 N–H and O–H groups in total. The monoisotopic (exact) mass is 279 g/mol. The van der Waals surface area contributed by atoms with Crippen molar-refractivity contribution in [3.63, 3.8) is 0 Å². The van der Waals surface area contributed by atoms with Gasteiger partial charge in [-0.3, -0.25) is 9.78 Å². The van der Waals surface area contributed by atoms with E-state index in [9.17, 15) is 9.59 Å². The molecule has 6 nitrogen and oxygen atoms in total. The predicted molar refractivity (Wildman–Crippen MR) is 75.2 cm³/mol. The molecule has 0 spiro atoms. The van der Waals surface area contributed by atoms with Gasteiger partial charge in [0.15, 0.2) is 0 Å². The SMILES string of the molecule is CC(CCC(=O)O)CNC(=O)NC(C)c1ccncc1. The van der Waals surface area contributed by atoms with Crippen LogP contribution in [0.4, 0.5) is 4.79 Å². The minimum Gasteiger partial charge on any atom is -0.481 e. The summed E-state index contributed by atoms with van der Waals surface area (Å²) in [6.45, 7) is 4.26. The fraction of sp³-hybridized carbons (Fsp3) is 0.500. The summed E-state index contributed by atoms with van der Waals surface area (Å²) >= 11 is 0. The Morgan fingerprint density at radius 1 is 1.30 bits per heavy atom. The summed E-state index contributed by atoms with van der Waals surface area (Å²) in [5, 5.41) is 14.2. The minimum absolute atomic E-state index is 0.104. The maximum Gasteiger partial charge on any atom is 0.315 e. The lowest BCUT2D eigenvalue weighted by Gasteiger charge is -2.16. The zero-order valence-corrected chi connectivity index (χ0v) is 11.8. The molecule has 1 aromatic heterocycles. The molecular formula is C14H21N3O3. The highest BCUT2D eigenvalue weighted by Gasteiger charge is 2.11. The number of pyridine rings is 1. The highest BCUT2D eigenvalue weighted by atomic mass is 16.4. The number of nitrogens with zero attached hydrogens (tertiary/aromatic N) is 1. The number of aliphatic carboxylic acids is 1. The molecule has 1 aromatic rings. The van der Waals surface area contributed by atoms with Gasteiger partial charge in [-0.2, -0.15) is 0 Å². The van der Waals surface area contributed by atoms with Gasteiger partial charge < -0.3 is 15.7 Å². The molecule has 0 aliphatic carbocycles. The number of carbonyl (C=O) groups excluding carboxylic acids is 1. The number of urea groups is 1. The molecule has 0 radical (unpaired) electrons. The maximum atomic E-state index is 11.7. The van der Waals surface area contributed by atoms with Gasteiger partial charge in [0.1, 0.15) is 0 Å². The molecule has 110 valence electrons. The molecule has 20 heavy (non-hydrogen) atoms. The predicted octanol–water partition coefficient (Wildman–Crippen LogP) is 1.94. The molecular weight excluding hydrogens is 258 g/mol. The Hall–Kier alpha value is -2.11. The van der Waals surface area contributed by atoms with Gasteiger partial charge >= 0.3 is 12.0 Å². The second-order valence-electron chi connectivity index (χ2n) is 4.89. The van der Waals surface area contributed by atoms with Crippen LogP contribution < -0.4 is 10.6 Å². The molecule has 0 aliphatic heterocycles. The Morgan fingerprint density at radius 2 is 1.95 bits per heavy atom. The fourth-order valence-corrected chi connectivity index (χ4v) is 1.72. The standard InChI is InChI=1S/C14H21N3O3/c1-10(3-4-13(18)19)9-16-14(20)17-11(2)12-5-7-15-8-6-12/h5-8,10-11H,3-4,9H2,1-2H3,(H,18,19)(H2,16,17,20). The summed E-state index contributed by atoms with van der Waals surface area (Å²) in [6.07, 6.45) is 4.03. The van der Waals surface area contributed by atoms with Crippen LogP contribution >= 0.6 is 0 Å². The lowest BCUT2D eigenvalue weighted by atomic mass is 10.1. The smallest absolute Gasteiger partial charge is 0.315 e. The molecule has 1 heterocycles. The van der Waals surface area contributed by atoms with Crippen LogP contribution in [0.2, 0.25) is 0 Å². The molecule has 0 bridgehead atoms. The number of amides is 2. The minimum atomic E-state index is -0.812. The van der Waals surface area contributed by atoms with Crippen molar-refractivity contribution in [2.24, 2.45) is 5.92 Å². The number of carboxylic acids is 1. The Bertz CT molecular complexity index is 437. The molecule has 6 heteroatoms. The molecule has 0 saturated heterocycles. The van der Waals surface area contributed by atoms with Gasteiger partial charge in [0.05, 0.1) is 6.04 Å². The molecule has 0 saturated carbocycles. The van der Waals surface area contributed by atoms with Crippen molar-refractivity contribution in [2.45, 2.75) is 32.7 Å². The van der Waals surface area contributed by atoms with Crippen LogP contribution in [-0.2, 0) is 4.79 Å². The topological polar surface area (TPSA) is 91.3 Å². The highest BCUT2D eigenvalue weighted by molar-refractivity contribution is 5.74. The summed E-state index contributed by atoms with van der Waals surface area (Å²) in [7, 11) is 0. The van der Waals surface area contributed by atoms with Crippen molar-refractivity contribution in [1.82, 2.24) is 15.6 Å². The lowest BCUT2D eigenvalue weighted by Crippen LogP contribution is -2.39. The zero-order chi connectivity index (χ0) is 15.0. The van der Waals surface area contributed by atoms with Crippen molar-refractivity contribution >= 4 is 12.0 Å². The number of hydrogen-bond acceptors (Lipinski definition) is 3. The Labute approximate surface area is 118 Å². The first-order valence-corrected chi connectivity index (χ1v) is 6.65. The third kappa shape index (κ3) is 6.17. The van der Waals surface area contributed by atoms with Gasteiger partial charge in [-0.15, -0.1) is 0 Å². The van der Waals surface area contributed by atoms with Gasteiger partial charge in [0.2, 0.25) is 0 Å². The first-order chi connectivity index (χ1) is 9.49. The van der Waals surface area contributed by atoms with E-state index in [0.717, 1.165) is 5.56 Å². The molecule has 0 aliphatic rings. The number of rotatable bonds is 7. The molecule has 0 aromatic carbocycles. The third-order valence-corrected chi connectivity index (χ3v) is 3.02. The van der Waals surface area contributed by atoms with Crippen molar-refractivity contribution < 1.29 is 14.7 Å². The van der Waals surface area contributed by atoms with E-state index in [1.54, 1.807) is 12.4 Å². The van der Waals surface area contributed by atoms with Crippen molar-refractivity contribution in [3.05, 3.63) is 30.1 Å². The van der Waals surface area contributed by atoms with Crippen molar-refractivity contribution in [1.29, 1.82) is 0 Å². The molecule has 2 atom stereocenters. The first-order valence-electron chi connectivity index (χ1n) is 6.65. The number of carboxylic acid groups (broad SMARTS) is 1. The second kappa shape index (κ2) is 8.14. The van der Waals surface area contributed by atoms with Crippen LogP contribution in [-0.4, -0.2) is 28.6 Å². The largest absolute Gasteiger partial charge is 0.481 e. The molecule has 0 fully saturated rings. The summed E-state index contributed by atoms with van der Waals surface area (Å²) in [6, 6.07) is 3.34. The van der Waals surface area contributed by atoms with Gasteiger partial charge in [-0.05, 0) is 37.0 Å². The maximum absolute atomic E-state index is 11.7. The third-order valence-electron chi connectivity index (χ3n) is 3.02. The lowest BCUT2D eigenvalue weighted by molar-refractivity contribution is -0.137. The molecule has 2 amide bonds. The summed E-state index contributed by atoms with van der Waals surface area (Å²) in [5.41, 5.74) is 0.981. The molecule has 2 unspecified atom stereocenters. The summed E-state index contributed by atoms with van der Waals surface area (Å²) < 4.78 is 0. The Morgan fingerprint density at radius 3 is 2.55 bits per heavy atom. The van der Waals surface area contributed by atoms with Crippen molar-refractivity contribution in [3.8, 4) is 0 Å². The quantitative estimate of drug-likeness (QED) is 0.711. The van der Waals surface area contributed by atoms with Gasteiger partial charge in [-0.25, -0.2) is 4.79 Å². The fourth-order valence-electron chi connectivity index (χ4n) is 1.72. The Balaban J connectivity index is 2.28. The number of carbonyl (C=O) groups is 2. The zero-order valence-electron chi connectivity index (χ0n) is 11.8. The first kappa shape index (κ1) is 15.9. The number of hydrogen-bond donors (Lipinski definition) is 3. The number of aromatic nitrogens is 1.